The maximum Gasteiger partial charge on any atom is 0.260 e. The fourth-order valence-electron chi connectivity index (χ4n) is 2.14. The van der Waals surface area contributed by atoms with Gasteiger partial charge in [0.1, 0.15) is 5.75 Å². The fraction of sp³-hybridized carbons (Fsp3) is 0.588. The van der Waals surface area contributed by atoms with E-state index in [1.807, 2.05) is 39.0 Å². The highest BCUT2D eigenvalue weighted by molar-refractivity contribution is 5.81. The van der Waals surface area contributed by atoms with Gasteiger partial charge in [-0.15, -0.1) is 0 Å². The Labute approximate surface area is 127 Å². The van der Waals surface area contributed by atoms with Gasteiger partial charge in [0.15, 0.2) is 6.10 Å². The van der Waals surface area contributed by atoms with E-state index in [0.717, 1.165) is 18.4 Å². The number of nitrogens with one attached hydrogen (secondary N) is 1. The highest BCUT2D eigenvalue weighted by Gasteiger charge is 2.19. The SMILES string of the molecule is CCC(CC)NC(=O)C(C)Oc1cc(C)ccc1[C@@H](C)O. The molecular weight excluding hydrogens is 266 g/mol. The molecule has 0 aliphatic heterocycles. The molecule has 4 heteroatoms. The quantitative estimate of drug-likeness (QED) is 0.812. The predicted molar refractivity (Wildman–Crippen MR) is 84.4 cm³/mol. The van der Waals surface area contributed by atoms with Crippen molar-refractivity contribution in [3.63, 3.8) is 0 Å². The first kappa shape index (κ1) is 17.5. The second kappa shape index (κ2) is 8.03. The van der Waals surface area contributed by atoms with Crippen LogP contribution in [0.15, 0.2) is 18.2 Å². The summed E-state index contributed by atoms with van der Waals surface area (Å²) in [4.78, 5) is 12.1. The molecule has 0 heterocycles. The maximum atomic E-state index is 12.1. The average molecular weight is 293 g/mol. The Balaban J connectivity index is 2.80. The number of carbonyl (C=O) groups is 1. The number of aliphatic hydroxyl groups excluding tert-OH is 1. The van der Waals surface area contributed by atoms with Crippen molar-refractivity contribution in [2.45, 2.75) is 65.7 Å². The lowest BCUT2D eigenvalue weighted by molar-refractivity contribution is -0.128. The fourth-order valence-corrected chi connectivity index (χ4v) is 2.14. The minimum Gasteiger partial charge on any atom is -0.481 e. The van der Waals surface area contributed by atoms with Crippen LogP contribution >= 0.6 is 0 Å². The van der Waals surface area contributed by atoms with E-state index in [9.17, 15) is 9.90 Å². The van der Waals surface area contributed by atoms with Crippen molar-refractivity contribution in [3.8, 4) is 5.75 Å². The number of hydrogen-bond acceptors (Lipinski definition) is 3. The van der Waals surface area contributed by atoms with Crippen LogP contribution in [-0.4, -0.2) is 23.2 Å². The van der Waals surface area contributed by atoms with Crippen LogP contribution in [-0.2, 0) is 4.79 Å². The van der Waals surface area contributed by atoms with Crippen molar-refractivity contribution >= 4 is 5.91 Å². The molecule has 21 heavy (non-hydrogen) atoms. The summed E-state index contributed by atoms with van der Waals surface area (Å²) in [6.07, 6.45) is 0.580. The largest absolute Gasteiger partial charge is 0.481 e. The first-order valence-corrected chi connectivity index (χ1v) is 7.64. The van der Waals surface area contributed by atoms with Crippen molar-refractivity contribution in [2.75, 3.05) is 0 Å². The Morgan fingerprint density at radius 3 is 2.43 bits per heavy atom. The van der Waals surface area contributed by atoms with Crippen LogP contribution in [0, 0.1) is 6.92 Å². The Morgan fingerprint density at radius 1 is 1.29 bits per heavy atom. The number of hydrogen-bond donors (Lipinski definition) is 2. The highest BCUT2D eigenvalue weighted by atomic mass is 16.5. The van der Waals surface area contributed by atoms with Crippen LogP contribution in [0.2, 0.25) is 0 Å². The Kier molecular flexibility index (Phi) is 6.69. The number of amides is 1. The molecule has 2 atom stereocenters. The van der Waals surface area contributed by atoms with Gasteiger partial charge in [0, 0.05) is 11.6 Å². The molecule has 4 nitrogen and oxygen atoms in total. The molecule has 0 saturated heterocycles. The molecular formula is C17H27NO3. The molecule has 118 valence electrons. The van der Waals surface area contributed by atoms with Gasteiger partial charge < -0.3 is 15.2 Å². The van der Waals surface area contributed by atoms with E-state index >= 15 is 0 Å². The molecule has 1 amide bonds. The zero-order valence-corrected chi connectivity index (χ0v) is 13.6. The Bertz CT molecular complexity index is 467. The van der Waals surface area contributed by atoms with Gasteiger partial charge in [-0.2, -0.15) is 0 Å². The van der Waals surface area contributed by atoms with E-state index < -0.39 is 12.2 Å². The number of aryl methyl sites for hydroxylation is 1. The van der Waals surface area contributed by atoms with E-state index in [1.54, 1.807) is 13.8 Å². The van der Waals surface area contributed by atoms with Crippen LogP contribution in [0.25, 0.3) is 0 Å². The molecule has 1 aromatic rings. The summed E-state index contributed by atoms with van der Waals surface area (Å²) in [6, 6.07) is 5.78. The van der Waals surface area contributed by atoms with E-state index in [0.29, 0.717) is 11.3 Å². The van der Waals surface area contributed by atoms with Crippen molar-refractivity contribution in [3.05, 3.63) is 29.3 Å². The second-order valence-corrected chi connectivity index (χ2v) is 5.50. The molecule has 0 aromatic heterocycles. The third kappa shape index (κ3) is 5.05. The molecule has 0 spiro atoms. The first-order valence-electron chi connectivity index (χ1n) is 7.64. The normalized spacial score (nSPS) is 13.9. The lowest BCUT2D eigenvalue weighted by Crippen LogP contribution is -2.42. The molecule has 2 N–H and O–H groups in total. The smallest absolute Gasteiger partial charge is 0.260 e. The molecule has 0 bridgehead atoms. The van der Waals surface area contributed by atoms with Crippen LogP contribution in [0.1, 0.15) is 57.8 Å². The zero-order valence-electron chi connectivity index (χ0n) is 13.6. The second-order valence-electron chi connectivity index (χ2n) is 5.50. The van der Waals surface area contributed by atoms with Gasteiger partial charge in [0.2, 0.25) is 0 Å². The highest BCUT2D eigenvalue weighted by Crippen LogP contribution is 2.27. The summed E-state index contributed by atoms with van der Waals surface area (Å²) in [7, 11) is 0. The van der Waals surface area contributed by atoms with Gasteiger partial charge in [0.25, 0.3) is 5.91 Å². The molecule has 0 saturated carbocycles. The zero-order chi connectivity index (χ0) is 16.0. The van der Waals surface area contributed by atoms with Crippen LogP contribution in [0.3, 0.4) is 0 Å². The summed E-state index contributed by atoms with van der Waals surface area (Å²) < 4.78 is 5.77. The number of aliphatic hydroxyl groups is 1. The molecule has 0 radical (unpaired) electrons. The molecule has 1 aromatic carbocycles. The van der Waals surface area contributed by atoms with Gasteiger partial charge in [-0.05, 0) is 45.2 Å². The van der Waals surface area contributed by atoms with Gasteiger partial charge >= 0.3 is 0 Å². The molecule has 1 unspecified atom stereocenters. The number of carbonyl (C=O) groups excluding carboxylic acids is 1. The van der Waals surface area contributed by atoms with Crippen molar-refractivity contribution in [2.24, 2.45) is 0 Å². The van der Waals surface area contributed by atoms with E-state index in [-0.39, 0.29) is 11.9 Å². The minimum atomic E-state index is -0.630. The molecule has 0 aliphatic carbocycles. The minimum absolute atomic E-state index is 0.123. The summed E-state index contributed by atoms with van der Waals surface area (Å²) in [6.45, 7) is 9.46. The lowest BCUT2D eigenvalue weighted by atomic mass is 10.1. The number of ether oxygens (including phenoxy) is 1. The Hall–Kier alpha value is -1.55. The van der Waals surface area contributed by atoms with Gasteiger partial charge in [-0.25, -0.2) is 0 Å². The monoisotopic (exact) mass is 293 g/mol. The van der Waals surface area contributed by atoms with Crippen molar-refractivity contribution < 1.29 is 14.6 Å². The molecule has 0 aliphatic rings. The van der Waals surface area contributed by atoms with Crippen molar-refractivity contribution in [1.29, 1.82) is 0 Å². The average Bonchev–Trinajstić information content (AvgIpc) is 2.44. The Morgan fingerprint density at radius 2 is 1.90 bits per heavy atom. The summed E-state index contributed by atoms with van der Waals surface area (Å²) in [5.41, 5.74) is 1.73. The van der Waals surface area contributed by atoms with E-state index in [1.165, 1.54) is 0 Å². The standard InChI is InChI=1S/C17H27NO3/c1-6-14(7-2)18-17(20)13(5)21-16-10-11(3)8-9-15(16)12(4)19/h8-10,12-14,19H,6-7H2,1-5H3,(H,18,20)/t12-,13?/m1/s1. The third-order valence-electron chi connectivity index (χ3n) is 3.62. The van der Waals surface area contributed by atoms with Crippen LogP contribution in [0.5, 0.6) is 5.75 Å². The lowest BCUT2D eigenvalue weighted by Gasteiger charge is -2.21. The molecule has 1 rings (SSSR count). The van der Waals surface area contributed by atoms with Crippen LogP contribution < -0.4 is 10.1 Å². The van der Waals surface area contributed by atoms with Gasteiger partial charge in [0.05, 0.1) is 6.10 Å². The number of benzene rings is 1. The summed E-state index contributed by atoms with van der Waals surface area (Å²) in [5, 5.41) is 12.8. The van der Waals surface area contributed by atoms with Gasteiger partial charge in [-0.1, -0.05) is 26.0 Å². The third-order valence-corrected chi connectivity index (χ3v) is 3.62. The van der Waals surface area contributed by atoms with E-state index in [4.69, 9.17) is 4.74 Å². The molecule has 0 fully saturated rings. The number of rotatable bonds is 7. The summed E-state index contributed by atoms with van der Waals surface area (Å²) >= 11 is 0. The maximum absolute atomic E-state index is 12.1. The predicted octanol–water partition coefficient (Wildman–Crippen LogP) is 3.12. The van der Waals surface area contributed by atoms with E-state index in [2.05, 4.69) is 5.32 Å². The summed E-state index contributed by atoms with van der Waals surface area (Å²) in [5.74, 6) is 0.443. The topological polar surface area (TPSA) is 58.6 Å². The van der Waals surface area contributed by atoms with Gasteiger partial charge in [-0.3, -0.25) is 4.79 Å². The first-order chi connectivity index (χ1) is 9.88. The van der Waals surface area contributed by atoms with Crippen LogP contribution in [0.4, 0.5) is 0 Å². The van der Waals surface area contributed by atoms with Crippen molar-refractivity contribution in [1.82, 2.24) is 5.32 Å².